The Labute approximate surface area is 255 Å². The monoisotopic (exact) mass is 632 g/mol. The minimum absolute atomic E-state index is 0.0758. The maximum atomic E-state index is 12.4. The second-order valence-corrected chi connectivity index (χ2v) is 10.5. The zero-order valence-electron chi connectivity index (χ0n) is 23.8. The van der Waals surface area contributed by atoms with Crippen molar-refractivity contribution in [1.82, 2.24) is 0 Å². The van der Waals surface area contributed by atoms with E-state index in [0.717, 1.165) is 6.08 Å². The van der Waals surface area contributed by atoms with E-state index in [-0.39, 0.29) is 17.2 Å². The Hall–Kier alpha value is -4.06. The van der Waals surface area contributed by atoms with Crippen molar-refractivity contribution in [3.8, 4) is 17.2 Å². The van der Waals surface area contributed by atoms with Gasteiger partial charge in [0.1, 0.15) is 42.7 Å². The normalized spacial score (nSPS) is 30.0. The van der Waals surface area contributed by atoms with E-state index in [4.69, 9.17) is 32.8 Å². The lowest BCUT2D eigenvalue weighted by atomic mass is 9.99. The summed E-state index contributed by atoms with van der Waals surface area (Å²) in [5.74, 6) is -1.03. The highest BCUT2D eigenvalue weighted by Crippen LogP contribution is 2.30. The Bertz CT molecular complexity index is 1590. The second kappa shape index (κ2) is 13.5. The summed E-state index contributed by atoms with van der Waals surface area (Å²) in [6.45, 7) is -1.66. The molecule has 0 amide bonds. The minimum Gasteiger partial charge on any atom is -0.504 e. The van der Waals surface area contributed by atoms with E-state index in [0.29, 0.717) is 16.5 Å². The fraction of sp³-hybridized carbons (Fsp3) is 0.400. The van der Waals surface area contributed by atoms with Gasteiger partial charge in [0, 0.05) is 11.5 Å². The molecule has 3 heterocycles. The largest absolute Gasteiger partial charge is 0.504 e. The Morgan fingerprint density at radius 3 is 2.58 bits per heavy atom. The lowest BCUT2D eigenvalue weighted by molar-refractivity contribution is -0.289. The number of para-hydroxylation sites is 1. The van der Waals surface area contributed by atoms with Crippen molar-refractivity contribution in [2.75, 3.05) is 26.9 Å². The van der Waals surface area contributed by atoms with Crippen LogP contribution in [0.2, 0.25) is 0 Å². The Morgan fingerprint density at radius 2 is 1.80 bits per heavy atom. The fourth-order valence-electron chi connectivity index (χ4n) is 4.72. The third-order valence-corrected chi connectivity index (χ3v) is 7.33. The van der Waals surface area contributed by atoms with Crippen LogP contribution >= 0.6 is 0 Å². The first kappa shape index (κ1) is 32.3. The molecule has 0 bridgehead atoms. The second-order valence-electron chi connectivity index (χ2n) is 10.5. The summed E-state index contributed by atoms with van der Waals surface area (Å²) in [4.78, 5) is 24.6. The molecule has 2 aliphatic rings. The van der Waals surface area contributed by atoms with E-state index in [1.165, 1.54) is 37.5 Å². The molecule has 0 saturated carbocycles. The van der Waals surface area contributed by atoms with Crippen molar-refractivity contribution < 1.29 is 68.3 Å². The summed E-state index contributed by atoms with van der Waals surface area (Å²) in [6, 6.07) is 12.4. The number of carbonyl (C=O) groups excluding carboxylic acids is 1. The highest BCUT2D eigenvalue weighted by molar-refractivity contribution is 5.87. The van der Waals surface area contributed by atoms with Gasteiger partial charge in [-0.1, -0.05) is 24.3 Å². The molecule has 5 rings (SSSR count). The maximum absolute atomic E-state index is 12.4. The summed E-state index contributed by atoms with van der Waals surface area (Å²) < 4.78 is 37.2. The van der Waals surface area contributed by atoms with Gasteiger partial charge in [0.05, 0.1) is 20.3 Å². The van der Waals surface area contributed by atoms with Crippen LogP contribution in [0.15, 0.2) is 63.8 Å². The Kier molecular flexibility index (Phi) is 9.71. The van der Waals surface area contributed by atoms with Crippen LogP contribution in [0, 0.1) is 0 Å². The average Bonchev–Trinajstić information content (AvgIpc) is 3.32. The lowest BCUT2D eigenvalue weighted by Gasteiger charge is -2.40. The van der Waals surface area contributed by atoms with Crippen LogP contribution in [0.1, 0.15) is 5.56 Å². The number of phenolic OH excluding ortho intramolecular Hbond substituents is 1. The highest BCUT2D eigenvalue weighted by atomic mass is 16.7. The van der Waals surface area contributed by atoms with E-state index >= 15 is 0 Å². The maximum Gasteiger partial charge on any atom is 0.379 e. The molecule has 2 saturated heterocycles. The van der Waals surface area contributed by atoms with Crippen molar-refractivity contribution in [3.05, 3.63) is 70.6 Å². The van der Waals surface area contributed by atoms with E-state index in [1.807, 2.05) is 0 Å². The first-order chi connectivity index (χ1) is 21.5. The SMILES string of the molecule is COc1cc(/C=C/C(=O)OC[C@@]2(O)CO[C@@H](OC[C@H]3O[C@@H](Oc4cc5ccccc5oc4=O)[C@H](O)[C@@H](O)[C@@H]3O)[C@@H]2O)ccc1O. The quantitative estimate of drug-likeness (QED) is 0.0934. The van der Waals surface area contributed by atoms with Gasteiger partial charge in [-0.05, 0) is 35.9 Å². The van der Waals surface area contributed by atoms with Crippen molar-refractivity contribution in [2.24, 2.45) is 0 Å². The number of rotatable bonds is 10. The molecular formula is C30H32O15. The molecule has 1 aromatic heterocycles. The van der Waals surface area contributed by atoms with Crippen molar-refractivity contribution in [3.63, 3.8) is 0 Å². The molecular weight excluding hydrogens is 600 g/mol. The predicted molar refractivity (Wildman–Crippen MR) is 151 cm³/mol. The molecule has 15 nitrogen and oxygen atoms in total. The van der Waals surface area contributed by atoms with E-state index in [2.05, 4.69) is 0 Å². The number of aliphatic hydroxyl groups excluding tert-OH is 4. The summed E-state index contributed by atoms with van der Waals surface area (Å²) in [7, 11) is 1.38. The van der Waals surface area contributed by atoms with Gasteiger partial charge in [-0.3, -0.25) is 0 Å². The Morgan fingerprint density at radius 1 is 1.02 bits per heavy atom. The molecule has 15 heteroatoms. The first-order valence-electron chi connectivity index (χ1n) is 13.7. The number of carbonyl (C=O) groups is 1. The minimum atomic E-state index is -2.05. The van der Waals surface area contributed by atoms with Crippen LogP contribution in [-0.2, 0) is 23.7 Å². The highest BCUT2D eigenvalue weighted by Gasteiger charge is 2.51. The van der Waals surface area contributed by atoms with E-state index in [9.17, 15) is 40.2 Å². The van der Waals surface area contributed by atoms with Crippen LogP contribution in [0.4, 0.5) is 0 Å². The van der Waals surface area contributed by atoms with Gasteiger partial charge in [-0.25, -0.2) is 9.59 Å². The average molecular weight is 633 g/mol. The van der Waals surface area contributed by atoms with Gasteiger partial charge in [0.15, 0.2) is 23.4 Å². The third-order valence-electron chi connectivity index (χ3n) is 7.33. The van der Waals surface area contributed by atoms with Gasteiger partial charge in [-0.15, -0.1) is 0 Å². The molecule has 242 valence electrons. The molecule has 2 aliphatic heterocycles. The number of hydrogen-bond acceptors (Lipinski definition) is 15. The van der Waals surface area contributed by atoms with Crippen LogP contribution in [-0.4, -0.2) is 112 Å². The zero-order chi connectivity index (χ0) is 32.3. The smallest absolute Gasteiger partial charge is 0.379 e. The first-order valence-corrected chi connectivity index (χ1v) is 13.7. The van der Waals surface area contributed by atoms with Gasteiger partial charge in [0.2, 0.25) is 12.0 Å². The number of fused-ring (bicyclic) bond motifs is 1. The molecule has 6 N–H and O–H groups in total. The fourth-order valence-corrected chi connectivity index (χ4v) is 4.72. The van der Waals surface area contributed by atoms with Crippen LogP contribution in [0.3, 0.4) is 0 Å². The van der Waals surface area contributed by atoms with Crippen LogP contribution < -0.4 is 15.1 Å². The van der Waals surface area contributed by atoms with Crippen molar-refractivity contribution >= 4 is 23.0 Å². The number of hydrogen-bond donors (Lipinski definition) is 6. The number of methoxy groups -OCH3 is 1. The summed E-state index contributed by atoms with van der Waals surface area (Å²) in [5, 5.41) is 63.0. The molecule has 45 heavy (non-hydrogen) atoms. The van der Waals surface area contributed by atoms with Gasteiger partial charge in [0.25, 0.3) is 0 Å². The van der Waals surface area contributed by atoms with Crippen molar-refractivity contribution in [1.29, 1.82) is 0 Å². The number of ether oxygens (including phenoxy) is 6. The molecule has 8 atom stereocenters. The number of benzene rings is 2. The summed E-state index contributed by atoms with van der Waals surface area (Å²) >= 11 is 0. The van der Waals surface area contributed by atoms with Crippen LogP contribution in [0.25, 0.3) is 17.0 Å². The Balaban J connectivity index is 1.15. The summed E-state index contributed by atoms with van der Waals surface area (Å²) in [5.41, 5.74) is -2.08. The molecule has 0 spiro atoms. The van der Waals surface area contributed by atoms with Gasteiger partial charge in [-0.2, -0.15) is 0 Å². The van der Waals surface area contributed by atoms with Crippen molar-refractivity contribution in [2.45, 2.75) is 48.7 Å². The standard InChI is InChI=1S/C30H32O15/c1-39-19-10-15(6-8-17(19)31)7-9-22(32)41-13-30(38)14-42-29(26(30)36)40-12-21-23(33)24(34)25(35)28(45-21)44-20-11-16-4-2-3-5-18(16)43-27(20)37/h2-11,21,23-26,28-29,31,33-36,38H,12-14H2,1H3/b9-7+/t21-,23-,24+,25-,26+,28-,29-,30-/m1/s1. The molecule has 3 aromatic rings. The number of aromatic hydroxyl groups is 1. The lowest BCUT2D eigenvalue weighted by Crippen LogP contribution is -2.60. The topological polar surface area (TPSA) is 224 Å². The number of aliphatic hydroxyl groups is 5. The van der Waals surface area contributed by atoms with Gasteiger partial charge < -0.3 is 63.5 Å². The number of esters is 1. The van der Waals surface area contributed by atoms with Crippen LogP contribution in [0.5, 0.6) is 17.2 Å². The number of phenols is 1. The van der Waals surface area contributed by atoms with E-state index in [1.54, 1.807) is 24.3 Å². The van der Waals surface area contributed by atoms with Gasteiger partial charge >= 0.3 is 11.6 Å². The molecule has 2 aromatic carbocycles. The molecule has 0 aliphatic carbocycles. The third kappa shape index (κ3) is 7.11. The summed E-state index contributed by atoms with van der Waals surface area (Å²) in [6.07, 6.45) is -8.87. The molecule has 0 radical (unpaired) electrons. The molecule has 0 unspecified atom stereocenters. The predicted octanol–water partition coefficient (Wildman–Crippen LogP) is -0.585. The zero-order valence-corrected chi connectivity index (χ0v) is 23.8. The van der Waals surface area contributed by atoms with E-state index < -0.39 is 80.1 Å². The molecule has 2 fully saturated rings.